The molecule has 0 N–H and O–H groups in total. The molecule has 8 heteroatoms. The maximum Gasteiger partial charge on any atom is 0.449 e. The number of benzene rings is 3. The average Bonchev–Trinajstić information content (AvgIpc) is 3.06. The molecule has 1 aliphatic heterocycles. The molecule has 3 nitrogen and oxygen atoms in total. The lowest BCUT2D eigenvalue weighted by Crippen LogP contribution is -2.19. The van der Waals surface area contributed by atoms with Gasteiger partial charge in [0, 0.05) is 34.2 Å². The summed E-state index contributed by atoms with van der Waals surface area (Å²) in [5.74, 6) is 0. The molecule has 2 heterocycles. The second-order valence-corrected chi connectivity index (χ2v) is 9.04. The molecule has 3 aromatic carbocycles. The van der Waals surface area contributed by atoms with Gasteiger partial charge in [0.2, 0.25) is 0 Å². The molecule has 156 valence electrons. The lowest BCUT2D eigenvalue weighted by atomic mass is 9.98. The zero-order chi connectivity index (χ0) is 21.0. The second kappa shape index (κ2) is 7.32. The van der Waals surface area contributed by atoms with Gasteiger partial charge in [0.15, 0.2) is 5.16 Å². The highest BCUT2D eigenvalue weighted by atomic mass is 35.5. The Balaban J connectivity index is 1.95. The summed E-state index contributed by atoms with van der Waals surface area (Å²) < 4.78 is 47.8. The predicted octanol–water partition coefficient (Wildman–Crippen LogP) is 7.62. The largest absolute Gasteiger partial charge is 0.449 e. The van der Waals surface area contributed by atoms with Crippen molar-refractivity contribution in [3.63, 3.8) is 0 Å². The van der Waals surface area contributed by atoms with Crippen molar-refractivity contribution in [1.82, 2.24) is 9.55 Å². The van der Waals surface area contributed by atoms with Gasteiger partial charge in [-0.05, 0) is 55.2 Å². The number of alkyl halides is 3. The van der Waals surface area contributed by atoms with Crippen molar-refractivity contribution < 1.29 is 17.9 Å². The van der Waals surface area contributed by atoms with E-state index in [1.165, 1.54) is 0 Å². The molecule has 0 spiro atoms. The van der Waals surface area contributed by atoms with Gasteiger partial charge in [-0.1, -0.05) is 35.4 Å². The summed E-state index contributed by atoms with van der Waals surface area (Å²) in [7, 11) is 0. The van der Waals surface area contributed by atoms with Crippen LogP contribution in [0.15, 0.2) is 41.6 Å². The lowest BCUT2D eigenvalue weighted by molar-refractivity contribution is -0.0398. The first kappa shape index (κ1) is 20.0. The standard InChI is InChI=1S/C22H18ClF3N2OS/c1-12-5-7-14-15-8-6-13(23)11-17(15)20-19(16(14)10-12)27-21(30-22(24,25)26)28(20)18-4-2-3-9-29-18/h5-8,10-11,18H,2-4,9H2,1H3. The molecule has 0 aliphatic carbocycles. The molecule has 1 aromatic heterocycles. The van der Waals surface area contributed by atoms with E-state index in [0.717, 1.165) is 39.9 Å². The molecule has 4 aromatic rings. The van der Waals surface area contributed by atoms with Crippen LogP contribution in [-0.2, 0) is 4.74 Å². The zero-order valence-electron chi connectivity index (χ0n) is 16.1. The fourth-order valence-corrected chi connectivity index (χ4v) is 5.09. The van der Waals surface area contributed by atoms with Crippen LogP contribution in [0, 0.1) is 6.92 Å². The van der Waals surface area contributed by atoms with E-state index < -0.39 is 11.7 Å². The van der Waals surface area contributed by atoms with Crippen LogP contribution >= 0.6 is 23.4 Å². The van der Waals surface area contributed by atoms with Crippen LogP contribution in [0.2, 0.25) is 5.02 Å². The number of aromatic nitrogens is 2. The second-order valence-electron chi connectivity index (χ2n) is 7.57. The van der Waals surface area contributed by atoms with Crippen molar-refractivity contribution in [2.24, 2.45) is 0 Å². The molecule has 30 heavy (non-hydrogen) atoms. The van der Waals surface area contributed by atoms with Crippen LogP contribution < -0.4 is 0 Å². The first-order valence-corrected chi connectivity index (χ1v) is 10.9. The van der Waals surface area contributed by atoms with E-state index in [2.05, 4.69) is 4.98 Å². The number of fused-ring (bicyclic) bond motifs is 6. The van der Waals surface area contributed by atoms with Crippen molar-refractivity contribution in [3.05, 3.63) is 47.0 Å². The number of halogens is 4. The highest BCUT2D eigenvalue weighted by Gasteiger charge is 2.35. The van der Waals surface area contributed by atoms with Gasteiger partial charge >= 0.3 is 5.51 Å². The molecule has 0 bridgehead atoms. The minimum Gasteiger partial charge on any atom is -0.358 e. The molecule has 5 rings (SSSR count). The zero-order valence-corrected chi connectivity index (χ0v) is 17.7. The molecule has 1 saturated heterocycles. The van der Waals surface area contributed by atoms with Crippen LogP contribution in [0.1, 0.15) is 31.1 Å². The number of hydrogen-bond donors (Lipinski definition) is 0. The monoisotopic (exact) mass is 450 g/mol. The van der Waals surface area contributed by atoms with Gasteiger partial charge < -0.3 is 4.74 Å². The summed E-state index contributed by atoms with van der Waals surface area (Å²) >= 11 is 6.11. The van der Waals surface area contributed by atoms with Gasteiger partial charge in [0.25, 0.3) is 0 Å². The molecule has 0 amide bonds. The summed E-state index contributed by atoms with van der Waals surface area (Å²) in [6, 6.07) is 11.5. The molecule has 1 unspecified atom stereocenters. The van der Waals surface area contributed by atoms with E-state index in [4.69, 9.17) is 16.3 Å². The summed E-state index contributed by atoms with van der Waals surface area (Å²) in [5, 5.41) is 3.92. The molecule has 0 radical (unpaired) electrons. The van der Waals surface area contributed by atoms with E-state index >= 15 is 0 Å². The van der Waals surface area contributed by atoms with Gasteiger partial charge in [-0.3, -0.25) is 4.57 Å². The molecular formula is C22H18ClF3N2OS. The fraction of sp³-hybridized carbons (Fsp3) is 0.318. The smallest absolute Gasteiger partial charge is 0.358 e. The first-order chi connectivity index (χ1) is 14.3. The molecule has 0 saturated carbocycles. The van der Waals surface area contributed by atoms with E-state index in [-0.39, 0.29) is 16.9 Å². The fourth-order valence-electron chi connectivity index (χ4n) is 4.26. The number of thioether (sulfide) groups is 1. The van der Waals surface area contributed by atoms with E-state index in [0.29, 0.717) is 29.1 Å². The van der Waals surface area contributed by atoms with E-state index in [9.17, 15) is 13.2 Å². The maximum absolute atomic E-state index is 13.4. The minimum atomic E-state index is -4.45. The van der Waals surface area contributed by atoms with Crippen LogP contribution in [0.25, 0.3) is 32.6 Å². The van der Waals surface area contributed by atoms with Crippen LogP contribution in [-0.4, -0.2) is 21.7 Å². The SMILES string of the molecule is Cc1ccc2c3ccc(Cl)cc3c3c(nc(SC(F)(F)F)n3C3CCCCO3)c2c1. The number of aryl methyl sites for hydroxylation is 1. The molecular weight excluding hydrogens is 433 g/mol. The quantitative estimate of drug-likeness (QED) is 0.232. The Bertz CT molecular complexity index is 1280. The Labute approximate surface area is 180 Å². The van der Waals surface area contributed by atoms with Crippen molar-refractivity contribution in [2.45, 2.75) is 43.1 Å². The van der Waals surface area contributed by atoms with Gasteiger partial charge in [-0.2, -0.15) is 13.2 Å². The van der Waals surface area contributed by atoms with Crippen LogP contribution in [0.5, 0.6) is 0 Å². The third-order valence-electron chi connectivity index (χ3n) is 5.49. The topological polar surface area (TPSA) is 27.1 Å². The third-order valence-corrected chi connectivity index (χ3v) is 6.42. The van der Waals surface area contributed by atoms with Crippen molar-refractivity contribution >= 4 is 55.9 Å². The van der Waals surface area contributed by atoms with Crippen molar-refractivity contribution in [2.75, 3.05) is 6.61 Å². The Hall–Kier alpha value is -1.96. The number of ether oxygens (including phenoxy) is 1. The Morgan fingerprint density at radius 3 is 2.57 bits per heavy atom. The van der Waals surface area contributed by atoms with E-state index in [1.54, 1.807) is 10.6 Å². The normalized spacial score (nSPS) is 18.0. The summed E-state index contributed by atoms with van der Waals surface area (Å²) in [5.41, 5.74) is -2.24. The summed E-state index contributed by atoms with van der Waals surface area (Å²) in [4.78, 5) is 4.51. The minimum absolute atomic E-state index is 0.0975. The van der Waals surface area contributed by atoms with Gasteiger partial charge in [-0.25, -0.2) is 4.98 Å². The van der Waals surface area contributed by atoms with Crippen molar-refractivity contribution in [1.29, 1.82) is 0 Å². The third kappa shape index (κ3) is 3.43. The van der Waals surface area contributed by atoms with Crippen LogP contribution in [0.3, 0.4) is 0 Å². The molecule has 1 fully saturated rings. The highest BCUT2D eigenvalue weighted by molar-refractivity contribution is 8.00. The number of nitrogens with zero attached hydrogens (tertiary/aromatic N) is 2. The number of rotatable bonds is 2. The Morgan fingerprint density at radius 2 is 1.83 bits per heavy atom. The van der Waals surface area contributed by atoms with E-state index in [1.807, 2.05) is 37.3 Å². The van der Waals surface area contributed by atoms with Gasteiger partial charge in [-0.15, -0.1) is 0 Å². The Kier molecular flexibility index (Phi) is 4.87. The Morgan fingerprint density at radius 1 is 1.07 bits per heavy atom. The van der Waals surface area contributed by atoms with Crippen molar-refractivity contribution in [3.8, 4) is 0 Å². The summed E-state index contributed by atoms with van der Waals surface area (Å²) in [6.07, 6.45) is 1.95. The first-order valence-electron chi connectivity index (χ1n) is 9.73. The lowest BCUT2D eigenvalue weighted by Gasteiger charge is -2.26. The average molecular weight is 451 g/mol. The molecule has 1 atom stereocenters. The van der Waals surface area contributed by atoms with Gasteiger partial charge in [0.05, 0.1) is 11.0 Å². The number of imidazole rings is 1. The highest BCUT2D eigenvalue weighted by Crippen LogP contribution is 2.44. The molecule has 1 aliphatic rings. The van der Waals surface area contributed by atoms with Crippen LogP contribution in [0.4, 0.5) is 13.2 Å². The maximum atomic E-state index is 13.4. The number of hydrogen-bond acceptors (Lipinski definition) is 3. The predicted molar refractivity (Wildman–Crippen MR) is 115 cm³/mol. The summed E-state index contributed by atoms with van der Waals surface area (Å²) in [6.45, 7) is 2.48. The van der Waals surface area contributed by atoms with Gasteiger partial charge in [0.1, 0.15) is 6.23 Å².